The van der Waals surface area contributed by atoms with Crippen LogP contribution >= 0.6 is 0 Å². The fourth-order valence-corrected chi connectivity index (χ4v) is 2.12. The predicted molar refractivity (Wildman–Crippen MR) is 81.4 cm³/mol. The van der Waals surface area contributed by atoms with E-state index in [1.807, 2.05) is 26.0 Å². The monoisotopic (exact) mass is 292 g/mol. The molecule has 1 aromatic carbocycles. The van der Waals surface area contributed by atoms with Gasteiger partial charge < -0.3 is 9.47 Å². The molecule has 0 fully saturated rings. The number of esters is 1. The molecule has 0 heterocycles. The van der Waals surface area contributed by atoms with Gasteiger partial charge in [0.25, 0.3) is 0 Å². The molecule has 0 amide bonds. The molecule has 0 aliphatic heterocycles. The smallest absolute Gasteiger partial charge is 0.344 e. The number of ketones is 1. The molecule has 21 heavy (non-hydrogen) atoms. The third-order valence-electron chi connectivity index (χ3n) is 2.98. The van der Waals surface area contributed by atoms with Crippen LogP contribution in [0.3, 0.4) is 0 Å². The van der Waals surface area contributed by atoms with Gasteiger partial charge in [0.05, 0.1) is 0 Å². The van der Waals surface area contributed by atoms with E-state index in [0.29, 0.717) is 12.2 Å². The highest BCUT2D eigenvalue weighted by Crippen LogP contribution is 2.17. The van der Waals surface area contributed by atoms with Crippen LogP contribution < -0.4 is 4.74 Å². The highest BCUT2D eigenvalue weighted by atomic mass is 16.6. The molecule has 116 valence electrons. The quantitative estimate of drug-likeness (QED) is 0.690. The van der Waals surface area contributed by atoms with Gasteiger partial charge in [-0.1, -0.05) is 25.5 Å². The van der Waals surface area contributed by atoms with Crippen LogP contribution in [0.4, 0.5) is 0 Å². The lowest BCUT2D eigenvalue weighted by Gasteiger charge is -2.24. The molecule has 0 spiro atoms. The van der Waals surface area contributed by atoms with E-state index in [9.17, 15) is 9.59 Å². The van der Waals surface area contributed by atoms with Gasteiger partial charge in [-0.15, -0.1) is 0 Å². The first-order chi connectivity index (χ1) is 9.82. The van der Waals surface area contributed by atoms with Crippen molar-refractivity contribution in [1.82, 2.24) is 0 Å². The van der Waals surface area contributed by atoms with Crippen molar-refractivity contribution in [2.24, 2.45) is 0 Å². The van der Waals surface area contributed by atoms with Gasteiger partial charge in [0.1, 0.15) is 17.1 Å². The SMILES string of the molecule is CCCC(C)(C)OC(=O)COc1ccc(CC(C)=O)cc1. The molecule has 0 saturated heterocycles. The van der Waals surface area contributed by atoms with E-state index in [0.717, 1.165) is 18.4 Å². The fraction of sp³-hybridized carbons (Fsp3) is 0.529. The Bertz CT molecular complexity index is 474. The van der Waals surface area contributed by atoms with Gasteiger partial charge in [-0.2, -0.15) is 0 Å². The van der Waals surface area contributed by atoms with Crippen molar-refractivity contribution in [3.63, 3.8) is 0 Å². The lowest BCUT2D eigenvalue weighted by atomic mass is 10.0. The van der Waals surface area contributed by atoms with Crippen LogP contribution in [0.25, 0.3) is 0 Å². The van der Waals surface area contributed by atoms with Gasteiger partial charge in [-0.05, 0) is 44.9 Å². The van der Waals surface area contributed by atoms with Crippen LogP contribution in [0.5, 0.6) is 5.75 Å². The van der Waals surface area contributed by atoms with E-state index in [1.165, 1.54) is 0 Å². The zero-order valence-electron chi connectivity index (χ0n) is 13.3. The van der Waals surface area contributed by atoms with Gasteiger partial charge in [-0.25, -0.2) is 4.79 Å². The van der Waals surface area contributed by atoms with Crippen molar-refractivity contribution < 1.29 is 19.1 Å². The van der Waals surface area contributed by atoms with E-state index in [1.54, 1.807) is 19.1 Å². The Labute approximate surface area is 126 Å². The lowest BCUT2D eigenvalue weighted by Crippen LogP contribution is -2.30. The minimum absolute atomic E-state index is 0.112. The normalized spacial score (nSPS) is 11.0. The second-order valence-electron chi connectivity index (χ2n) is 5.80. The Kier molecular flexibility index (Phi) is 6.40. The van der Waals surface area contributed by atoms with Crippen molar-refractivity contribution in [3.05, 3.63) is 29.8 Å². The molecular weight excluding hydrogens is 268 g/mol. The molecule has 0 saturated carbocycles. The largest absolute Gasteiger partial charge is 0.482 e. The standard InChI is InChI=1S/C17H24O4/c1-5-10-17(3,4)21-16(19)12-20-15-8-6-14(7-9-15)11-13(2)18/h6-9H,5,10-12H2,1-4H3. The minimum Gasteiger partial charge on any atom is -0.482 e. The second kappa shape index (κ2) is 7.81. The molecule has 1 aromatic rings. The molecule has 0 aliphatic rings. The summed E-state index contributed by atoms with van der Waals surface area (Å²) in [6.45, 7) is 7.28. The van der Waals surface area contributed by atoms with Crippen LogP contribution in [0.2, 0.25) is 0 Å². The summed E-state index contributed by atoms with van der Waals surface area (Å²) in [5, 5.41) is 0. The highest BCUT2D eigenvalue weighted by Gasteiger charge is 2.21. The second-order valence-corrected chi connectivity index (χ2v) is 5.80. The Morgan fingerprint density at radius 3 is 2.29 bits per heavy atom. The molecule has 0 radical (unpaired) electrons. The lowest BCUT2D eigenvalue weighted by molar-refractivity contribution is -0.159. The zero-order chi connectivity index (χ0) is 15.9. The van der Waals surface area contributed by atoms with E-state index < -0.39 is 5.60 Å². The highest BCUT2D eigenvalue weighted by molar-refractivity contribution is 5.78. The maximum Gasteiger partial charge on any atom is 0.344 e. The summed E-state index contributed by atoms with van der Waals surface area (Å²) < 4.78 is 10.8. The van der Waals surface area contributed by atoms with E-state index >= 15 is 0 Å². The molecule has 0 atom stereocenters. The van der Waals surface area contributed by atoms with E-state index in [2.05, 4.69) is 6.92 Å². The molecule has 1 rings (SSSR count). The summed E-state index contributed by atoms with van der Waals surface area (Å²) in [5.41, 5.74) is 0.474. The number of rotatable bonds is 8. The number of Topliss-reactive ketones (excluding diaryl/α,β-unsaturated/α-hetero) is 1. The van der Waals surface area contributed by atoms with Crippen LogP contribution in [0, 0.1) is 0 Å². The number of hydrogen-bond donors (Lipinski definition) is 0. The first-order valence-electron chi connectivity index (χ1n) is 7.25. The fourth-order valence-electron chi connectivity index (χ4n) is 2.12. The Balaban J connectivity index is 2.44. The summed E-state index contributed by atoms with van der Waals surface area (Å²) in [6.07, 6.45) is 2.19. The van der Waals surface area contributed by atoms with Crippen molar-refractivity contribution in [3.8, 4) is 5.75 Å². The molecule has 0 N–H and O–H groups in total. The first kappa shape index (κ1) is 17.2. The number of carbonyl (C=O) groups is 2. The number of ether oxygens (including phenoxy) is 2. The predicted octanol–water partition coefficient (Wildman–Crippen LogP) is 3.32. The Morgan fingerprint density at radius 1 is 1.14 bits per heavy atom. The summed E-state index contributed by atoms with van der Waals surface area (Å²) in [4.78, 5) is 22.7. The van der Waals surface area contributed by atoms with Gasteiger partial charge in [0.15, 0.2) is 6.61 Å². The molecule has 0 unspecified atom stereocenters. The summed E-state index contributed by atoms with van der Waals surface area (Å²) in [7, 11) is 0. The summed E-state index contributed by atoms with van der Waals surface area (Å²) in [5.74, 6) is 0.333. The third-order valence-corrected chi connectivity index (χ3v) is 2.98. The van der Waals surface area contributed by atoms with Crippen molar-refractivity contribution in [1.29, 1.82) is 0 Å². The molecule has 0 aliphatic carbocycles. The van der Waals surface area contributed by atoms with Crippen LogP contribution in [0.15, 0.2) is 24.3 Å². The number of carbonyl (C=O) groups excluding carboxylic acids is 2. The maximum absolute atomic E-state index is 11.7. The maximum atomic E-state index is 11.7. The van der Waals surface area contributed by atoms with Gasteiger partial charge >= 0.3 is 5.97 Å². The van der Waals surface area contributed by atoms with E-state index in [4.69, 9.17) is 9.47 Å². The number of benzene rings is 1. The minimum atomic E-state index is -0.458. The van der Waals surface area contributed by atoms with Crippen molar-refractivity contribution >= 4 is 11.8 Å². The average Bonchev–Trinajstić information content (AvgIpc) is 2.36. The molecule has 4 nitrogen and oxygen atoms in total. The summed E-state index contributed by atoms with van der Waals surface area (Å²) >= 11 is 0. The van der Waals surface area contributed by atoms with Crippen LogP contribution in [-0.4, -0.2) is 24.0 Å². The van der Waals surface area contributed by atoms with Crippen LogP contribution in [0.1, 0.15) is 46.1 Å². The molecule has 0 aromatic heterocycles. The van der Waals surface area contributed by atoms with Crippen molar-refractivity contribution in [2.45, 2.75) is 52.6 Å². The van der Waals surface area contributed by atoms with Crippen LogP contribution in [-0.2, 0) is 20.7 Å². The first-order valence-corrected chi connectivity index (χ1v) is 7.25. The van der Waals surface area contributed by atoms with E-state index in [-0.39, 0.29) is 18.4 Å². The molecular formula is C17H24O4. The van der Waals surface area contributed by atoms with Gasteiger partial charge in [0.2, 0.25) is 0 Å². The van der Waals surface area contributed by atoms with Crippen molar-refractivity contribution in [2.75, 3.05) is 6.61 Å². The zero-order valence-corrected chi connectivity index (χ0v) is 13.3. The Hall–Kier alpha value is -1.84. The topological polar surface area (TPSA) is 52.6 Å². The van der Waals surface area contributed by atoms with Gasteiger partial charge in [-0.3, -0.25) is 4.79 Å². The van der Waals surface area contributed by atoms with Gasteiger partial charge in [0, 0.05) is 6.42 Å². The molecule has 4 heteroatoms. The molecule has 0 bridgehead atoms. The average molecular weight is 292 g/mol. The Morgan fingerprint density at radius 2 is 1.76 bits per heavy atom. The third kappa shape index (κ3) is 6.93. The number of hydrogen-bond acceptors (Lipinski definition) is 4. The summed E-state index contributed by atoms with van der Waals surface area (Å²) in [6, 6.07) is 7.15.